The zero-order valence-corrected chi connectivity index (χ0v) is 13.4. The van der Waals surface area contributed by atoms with Crippen LogP contribution >= 0.6 is 35.0 Å². The Bertz CT molecular complexity index is 467. The maximum Gasteiger partial charge on any atom is 0.243 e. The molecule has 0 radical (unpaired) electrons. The SMILES string of the molecule is CC(CN)N(C)S(=O)(=O)c1cccc(I)c1.Cl. The molecule has 1 aromatic rings. The molecule has 2 N–H and O–H groups in total. The van der Waals surface area contributed by atoms with Gasteiger partial charge in [0.25, 0.3) is 0 Å². The summed E-state index contributed by atoms with van der Waals surface area (Å²) in [6, 6.07) is 6.62. The Hall–Kier alpha value is 0.110. The van der Waals surface area contributed by atoms with E-state index in [2.05, 4.69) is 22.6 Å². The maximum atomic E-state index is 12.2. The van der Waals surface area contributed by atoms with E-state index in [-0.39, 0.29) is 18.4 Å². The van der Waals surface area contributed by atoms with Gasteiger partial charge >= 0.3 is 0 Å². The van der Waals surface area contributed by atoms with Gasteiger partial charge in [-0.2, -0.15) is 4.31 Å². The van der Waals surface area contributed by atoms with Crippen LogP contribution in [0.5, 0.6) is 0 Å². The van der Waals surface area contributed by atoms with Gasteiger partial charge in [-0.25, -0.2) is 8.42 Å². The van der Waals surface area contributed by atoms with E-state index >= 15 is 0 Å². The minimum Gasteiger partial charge on any atom is -0.329 e. The number of hydrogen-bond acceptors (Lipinski definition) is 3. The van der Waals surface area contributed by atoms with Crippen LogP contribution in [0.2, 0.25) is 0 Å². The fourth-order valence-electron chi connectivity index (χ4n) is 1.18. The Kier molecular flexibility index (Phi) is 6.93. The Labute approximate surface area is 122 Å². The molecule has 0 amide bonds. The van der Waals surface area contributed by atoms with Crippen LogP contribution in [-0.4, -0.2) is 32.4 Å². The minimum absolute atomic E-state index is 0. The third kappa shape index (κ3) is 4.06. The molecule has 1 atom stereocenters. The van der Waals surface area contributed by atoms with Gasteiger partial charge in [-0.05, 0) is 47.7 Å². The molecule has 0 heterocycles. The Morgan fingerprint density at radius 2 is 2.06 bits per heavy atom. The van der Waals surface area contributed by atoms with E-state index in [1.54, 1.807) is 32.2 Å². The molecular weight excluding hydrogens is 375 g/mol. The zero-order chi connectivity index (χ0) is 12.3. The standard InChI is InChI=1S/C10H15IN2O2S.ClH/c1-8(7-12)13(2)16(14,15)10-5-3-4-9(11)6-10;/h3-6,8H,7,12H2,1-2H3;1H. The first kappa shape index (κ1) is 17.1. The molecule has 0 aliphatic carbocycles. The molecule has 98 valence electrons. The van der Waals surface area contributed by atoms with E-state index in [4.69, 9.17) is 5.73 Å². The summed E-state index contributed by atoms with van der Waals surface area (Å²) in [4.78, 5) is 0.308. The third-order valence-corrected chi connectivity index (χ3v) is 5.07. The van der Waals surface area contributed by atoms with Crippen LogP contribution in [0.25, 0.3) is 0 Å². The van der Waals surface area contributed by atoms with Crippen molar-refractivity contribution in [3.63, 3.8) is 0 Å². The van der Waals surface area contributed by atoms with Crippen molar-refractivity contribution in [3.8, 4) is 0 Å². The van der Waals surface area contributed by atoms with E-state index in [1.165, 1.54) is 4.31 Å². The molecular formula is C10H16ClIN2O2S. The molecule has 1 aromatic carbocycles. The zero-order valence-electron chi connectivity index (χ0n) is 9.63. The van der Waals surface area contributed by atoms with Gasteiger partial charge in [0.1, 0.15) is 0 Å². The summed E-state index contributed by atoms with van der Waals surface area (Å²) < 4.78 is 26.5. The summed E-state index contributed by atoms with van der Waals surface area (Å²) >= 11 is 2.09. The molecule has 4 nitrogen and oxygen atoms in total. The van der Waals surface area contributed by atoms with E-state index in [0.29, 0.717) is 11.4 Å². The number of sulfonamides is 1. The van der Waals surface area contributed by atoms with E-state index < -0.39 is 10.0 Å². The molecule has 0 bridgehead atoms. The summed E-state index contributed by atoms with van der Waals surface area (Å²) in [7, 11) is -1.88. The van der Waals surface area contributed by atoms with E-state index in [9.17, 15) is 8.42 Å². The molecule has 0 saturated carbocycles. The lowest BCUT2D eigenvalue weighted by molar-refractivity contribution is 0.394. The minimum atomic E-state index is -3.42. The average molecular weight is 391 g/mol. The van der Waals surface area contributed by atoms with Crippen molar-refractivity contribution in [2.24, 2.45) is 5.73 Å². The lowest BCUT2D eigenvalue weighted by Crippen LogP contribution is -2.39. The van der Waals surface area contributed by atoms with Gasteiger partial charge in [-0.1, -0.05) is 6.07 Å². The maximum absolute atomic E-state index is 12.2. The highest BCUT2D eigenvalue weighted by atomic mass is 127. The molecule has 1 rings (SSSR count). The number of likely N-dealkylation sites (N-methyl/N-ethyl adjacent to an activating group) is 1. The molecule has 1 unspecified atom stereocenters. The second-order valence-corrected chi connectivity index (χ2v) is 6.81. The predicted molar refractivity (Wildman–Crippen MR) is 79.9 cm³/mol. The van der Waals surface area contributed by atoms with Crippen LogP contribution in [0.1, 0.15) is 6.92 Å². The van der Waals surface area contributed by atoms with Gasteiger partial charge in [-0.3, -0.25) is 0 Å². The molecule has 7 heteroatoms. The molecule has 0 saturated heterocycles. The fourth-order valence-corrected chi connectivity index (χ4v) is 3.35. The van der Waals surface area contributed by atoms with Crippen molar-refractivity contribution >= 4 is 45.0 Å². The highest BCUT2D eigenvalue weighted by Gasteiger charge is 2.24. The average Bonchev–Trinajstić information content (AvgIpc) is 2.27. The molecule has 0 aromatic heterocycles. The first-order chi connectivity index (χ1) is 7.39. The lowest BCUT2D eigenvalue weighted by atomic mass is 10.4. The van der Waals surface area contributed by atoms with Crippen molar-refractivity contribution in [1.29, 1.82) is 0 Å². The molecule has 0 aliphatic heterocycles. The van der Waals surface area contributed by atoms with Crippen LogP contribution in [-0.2, 0) is 10.0 Å². The van der Waals surface area contributed by atoms with Gasteiger partial charge in [0, 0.05) is 23.2 Å². The van der Waals surface area contributed by atoms with E-state index in [0.717, 1.165) is 3.57 Å². The lowest BCUT2D eigenvalue weighted by Gasteiger charge is -2.23. The Morgan fingerprint density at radius 1 is 1.47 bits per heavy atom. The highest BCUT2D eigenvalue weighted by Crippen LogP contribution is 2.18. The number of nitrogens with zero attached hydrogens (tertiary/aromatic N) is 1. The monoisotopic (exact) mass is 390 g/mol. The van der Waals surface area contributed by atoms with Crippen molar-refractivity contribution in [2.45, 2.75) is 17.9 Å². The topological polar surface area (TPSA) is 63.4 Å². The largest absolute Gasteiger partial charge is 0.329 e. The third-order valence-electron chi connectivity index (χ3n) is 2.43. The van der Waals surface area contributed by atoms with Crippen LogP contribution in [0, 0.1) is 3.57 Å². The number of halogens is 2. The van der Waals surface area contributed by atoms with Crippen molar-refractivity contribution in [3.05, 3.63) is 27.8 Å². The van der Waals surface area contributed by atoms with Crippen molar-refractivity contribution in [2.75, 3.05) is 13.6 Å². The summed E-state index contributed by atoms with van der Waals surface area (Å²) in [6.45, 7) is 2.09. The summed E-state index contributed by atoms with van der Waals surface area (Å²) in [5.41, 5.74) is 5.47. The van der Waals surface area contributed by atoms with Gasteiger partial charge in [0.15, 0.2) is 0 Å². The van der Waals surface area contributed by atoms with Crippen LogP contribution in [0.4, 0.5) is 0 Å². The molecule has 0 spiro atoms. The van der Waals surface area contributed by atoms with Gasteiger partial charge in [-0.15, -0.1) is 12.4 Å². The Morgan fingerprint density at radius 3 is 2.53 bits per heavy atom. The Balaban J connectivity index is 0.00000256. The van der Waals surface area contributed by atoms with Crippen molar-refractivity contribution < 1.29 is 8.42 Å². The van der Waals surface area contributed by atoms with Crippen LogP contribution < -0.4 is 5.73 Å². The summed E-state index contributed by atoms with van der Waals surface area (Å²) in [5.74, 6) is 0. The van der Waals surface area contributed by atoms with Gasteiger partial charge in [0.2, 0.25) is 10.0 Å². The first-order valence-corrected chi connectivity index (χ1v) is 7.35. The summed E-state index contributed by atoms with van der Waals surface area (Å²) in [6.07, 6.45) is 0. The number of benzene rings is 1. The fraction of sp³-hybridized carbons (Fsp3) is 0.400. The van der Waals surface area contributed by atoms with Crippen LogP contribution in [0.3, 0.4) is 0 Å². The predicted octanol–water partition coefficient (Wildman–Crippen LogP) is 1.68. The second-order valence-electron chi connectivity index (χ2n) is 3.56. The van der Waals surface area contributed by atoms with Gasteiger partial charge in [0.05, 0.1) is 4.90 Å². The van der Waals surface area contributed by atoms with Crippen LogP contribution in [0.15, 0.2) is 29.2 Å². The van der Waals surface area contributed by atoms with Crippen molar-refractivity contribution in [1.82, 2.24) is 4.31 Å². The smallest absolute Gasteiger partial charge is 0.243 e. The highest BCUT2D eigenvalue weighted by molar-refractivity contribution is 14.1. The molecule has 0 fully saturated rings. The molecule has 0 aliphatic rings. The molecule has 17 heavy (non-hydrogen) atoms. The quantitative estimate of drug-likeness (QED) is 0.796. The first-order valence-electron chi connectivity index (χ1n) is 4.83. The normalized spacial score (nSPS) is 13.2. The number of rotatable bonds is 4. The van der Waals surface area contributed by atoms with Gasteiger partial charge < -0.3 is 5.73 Å². The second kappa shape index (κ2) is 6.89. The number of nitrogens with two attached hydrogens (primary N) is 1. The number of hydrogen-bond donors (Lipinski definition) is 1. The van der Waals surface area contributed by atoms with E-state index in [1.807, 2.05) is 6.07 Å². The summed E-state index contributed by atoms with van der Waals surface area (Å²) in [5, 5.41) is 0.